The van der Waals surface area contributed by atoms with Gasteiger partial charge < -0.3 is 9.72 Å². The van der Waals surface area contributed by atoms with Crippen LogP contribution in [0.2, 0.25) is 5.02 Å². The summed E-state index contributed by atoms with van der Waals surface area (Å²) in [7, 11) is 0. The SMILES string of the molecule is O=C(/C=C/c1ccccc1Cl)OCC(=O)c1c[nH]c2ccccc12. The third-order valence-corrected chi connectivity index (χ3v) is 3.88. The number of carbonyl (C=O) groups is 2. The van der Waals surface area contributed by atoms with Gasteiger partial charge in [0, 0.05) is 33.8 Å². The van der Waals surface area contributed by atoms with Gasteiger partial charge in [-0.05, 0) is 23.8 Å². The number of carbonyl (C=O) groups excluding carboxylic acids is 2. The van der Waals surface area contributed by atoms with Crippen LogP contribution in [0.3, 0.4) is 0 Å². The van der Waals surface area contributed by atoms with Gasteiger partial charge in [0.2, 0.25) is 5.78 Å². The maximum absolute atomic E-state index is 12.2. The molecule has 0 fully saturated rings. The number of H-pyrrole nitrogens is 1. The number of aromatic amines is 1. The van der Waals surface area contributed by atoms with Gasteiger partial charge in [-0.3, -0.25) is 4.79 Å². The average molecular weight is 340 g/mol. The highest BCUT2D eigenvalue weighted by molar-refractivity contribution is 6.32. The van der Waals surface area contributed by atoms with Crippen molar-refractivity contribution in [3.8, 4) is 0 Å². The Morgan fingerprint density at radius 1 is 1.08 bits per heavy atom. The summed E-state index contributed by atoms with van der Waals surface area (Å²) in [6, 6.07) is 14.6. The minimum absolute atomic E-state index is 0.257. The van der Waals surface area contributed by atoms with Gasteiger partial charge in [0.15, 0.2) is 6.61 Å². The number of benzene rings is 2. The summed E-state index contributed by atoms with van der Waals surface area (Å²) in [4.78, 5) is 27.0. The smallest absolute Gasteiger partial charge is 0.331 e. The first-order valence-corrected chi connectivity index (χ1v) is 7.71. The predicted molar refractivity (Wildman–Crippen MR) is 94.1 cm³/mol. The molecule has 2 aromatic carbocycles. The maximum atomic E-state index is 12.2. The molecule has 1 N–H and O–H groups in total. The van der Waals surface area contributed by atoms with Crippen LogP contribution in [0.25, 0.3) is 17.0 Å². The molecule has 0 aliphatic heterocycles. The van der Waals surface area contributed by atoms with E-state index in [0.29, 0.717) is 16.1 Å². The third kappa shape index (κ3) is 3.55. The molecule has 1 heterocycles. The van der Waals surface area contributed by atoms with E-state index in [-0.39, 0.29) is 12.4 Å². The number of ketones is 1. The fourth-order valence-electron chi connectivity index (χ4n) is 2.33. The molecule has 0 unspecified atom stereocenters. The first-order valence-electron chi connectivity index (χ1n) is 7.34. The average Bonchev–Trinajstić information content (AvgIpc) is 3.03. The third-order valence-electron chi connectivity index (χ3n) is 3.54. The Kier molecular flexibility index (Phi) is 4.77. The molecule has 0 bridgehead atoms. The summed E-state index contributed by atoms with van der Waals surface area (Å²) >= 11 is 6.00. The number of rotatable bonds is 5. The van der Waals surface area contributed by atoms with Crippen LogP contribution in [0.5, 0.6) is 0 Å². The van der Waals surface area contributed by atoms with Gasteiger partial charge in [-0.25, -0.2) is 4.79 Å². The lowest BCUT2D eigenvalue weighted by molar-refractivity contribution is -0.136. The van der Waals surface area contributed by atoms with Crippen LogP contribution in [0, 0.1) is 0 Å². The van der Waals surface area contributed by atoms with Crippen LogP contribution in [-0.4, -0.2) is 23.3 Å². The van der Waals surface area contributed by atoms with E-state index in [1.165, 1.54) is 6.08 Å². The summed E-state index contributed by atoms with van der Waals surface area (Å²) in [6.07, 6.45) is 4.44. The van der Waals surface area contributed by atoms with E-state index in [2.05, 4.69) is 4.98 Å². The maximum Gasteiger partial charge on any atom is 0.331 e. The number of aromatic nitrogens is 1. The van der Waals surface area contributed by atoms with E-state index in [1.54, 1.807) is 30.5 Å². The zero-order valence-electron chi connectivity index (χ0n) is 12.7. The topological polar surface area (TPSA) is 59.2 Å². The Morgan fingerprint density at radius 3 is 2.67 bits per heavy atom. The van der Waals surface area contributed by atoms with E-state index in [9.17, 15) is 9.59 Å². The number of nitrogens with one attached hydrogen (secondary N) is 1. The van der Waals surface area contributed by atoms with Crippen molar-refractivity contribution in [1.82, 2.24) is 4.98 Å². The molecule has 0 aliphatic carbocycles. The van der Waals surface area contributed by atoms with Gasteiger partial charge in [-0.1, -0.05) is 48.0 Å². The Morgan fingerprint density at radius 2 is 1.83 bits per heavy atom. The molecule has 5 heteroatoms. The second kappa shape index (κ2) is 7.15. The molecule has 24 heavy (non-hydrogen) atoms. The molecular weight excluding hydrogens is 326 g/mol. The summed E-state index contributed by atoms with van der Waals surface area (Å²) < 4.78 is 5.01. The standard InChI is InChI=1S/C19H14ClNO3/c20-16-7-3-1-5-13(16)9-10-19(23)24-12-18(22)15-11-21-17-8-4-2-6-14(15)17/h1-11,21H,12H2/b10-9+. The van der Waals surface area contributed by atoms with Crippen molar-refractivity contribution in [2.45, 2.75) is 0 Å². The van der Waals surface area contributed by atoms with E-state index >= 15 is 0 Å². The molecule has 0 spiro atoms. The molecular formula is C19H14ClNO3. The number of ether oxygens (including phenoxy) is 1. The van der Waals surface area contributed by atoms with E-state index in [0.717, 1.165) is 10.9 Å². The number of halogens is 1. The minimum atomic E-state index is -0.594. The van der Waals surface area contributed by atoms with Crippen molar-refractivity contribution >= 4 is 40.3 Å². The van der Waals surface area contributed by atoms with Crippen molar-refractivity contribution < 1.29 is 14.3 Å². The second-order valence-corrected chi connectivity index (χ2v) is 5.54. The van der Waals surface area contributed by atoms with Gasteiger partial charge in [0.05, 0.1) is 0 Å². The highest BCUT2D eigenvalue weighted by Gasteiger charge is 2.13. The Labute approximate surface area is 143 Å². The zero-order valence-corrected chi connectivity index (χ0v) is 13.4. The molecule has 0 aliphatic rings. The fraction of sp³-hybridized carbons (Fsp3) is 0.0526. The minimum Gasteiger partial charge on any atom is -0.454 e. The number of esters is 1. The fourth-order valence-corrected chi connectivity index (χ4v) is 2.53. The normalized spacial score (nSPS) is 11.0. The van der Waals surface area contributed by atoms with Crippen molar-refractivity contribution in [1.29, 1.82) is 0 Å². The van der Waals surface area contributed by atoms with Crippen molar-refractivity contribution in [2.24, 2.45) is 0 Å². The van der Waals surface area contributed by atoms with Gasteiger partial charge in [0.25, 0.3) is 0 Å². The zero-order chi connectivity index (χ0) is 16.9. The molecule has 0 saturated carbocycles. The molecule has 4 nitrogen and oxygen atoms in total. The summed E-state index contributed by atoms with van der Waals surface area (Å²) in [5.41, 5.74) is 2.08. The molecule has 3 rings (SSSR count). The van der Waals surface area contributed by atoms with Crippen LogP contribution in [0.4, 0.5) is 0 Å². The number of para-hydroxylation sites is 1. The van der Waals surface area contributed by atoms with E-state index in [1.807, 2.05) is 30.3 Å². The molecule has 1 aromatic heterocycles. The molecule has 0 radical (unpaired) electrons. The van der Waals surface area contributed by atoms with Crippen molar-refractivity contribution in [3.63, 3.8) is 0 Å². The van der Waals surface area contributed by atoms with Gasteiger partial charge in [0.1, 0.15) is 0 Å². The molecule has 0 atom stereocenters. The van der Waals surface area contributed by atoms with Gasteiger partial charge in [-0.15, -0.1) is 0 Å². The first kappa shape index (κ1) is 16.0. The quantitative estimate of drug-likeness (QED) is 0.429. The number of fused-ring (bicyclic) bond motifs is 1. The van der Waals surface area contributed by atoms with E-state index < -0.39 is 5.97 Å². The van der Waals surface area contributed by atoms with Gasteiger partial charge >= 0.3 is 5.97 Å². The van der Waals surface area contributed by atoms with Crippen LogP contribution in [0.15, 0.2) is 60.8 Å². The number of hydrogen-bond acceptors (Lipinski definition) is 3. The van der Waals surface area contributed by atoms with E-state index in [4.69, 9.17) is 16.3 Å². The Hall–Kier alpha value is -2.85. The Balaban J connectivity index is 1.62. The highest BCUT2D eigenvalue weighted by Crippen LogP contribution is 2.18. The first-order chi connectivity index (χ1) is 11.6. The predicted octanol–water partition coefficient (Wildman–Crippen LogP) is 4.26. The lowest BCUT2D eigenvalue weighted by Gasteiger charge is -2.01. The Bertz CT molecular complexity index is 927. The van der Waals surface area contributed by atoms with Crippen LogP contribution in [0.1, 0.15) is 15.9 Å². The van der Waals surface area contributed by atoms with Crippen LogP contribution in [-0.2, 0) is 9.53 Å². The summed E-state index contributed by atoms with van der Waals surface area (Å²) in [6.45, 7) is -0.312. The molecule has 3 aromatic rings. The number of hydrogen-bond donors (Lipinski definition) is 1. The molecule has 120 valence electrons. The summed E-state index contributed by atoms with van der Waals surface area (Å²) in [5, 5.41) is 1.35. The lowest BCUT2D eigenvalue weighted by atomic mass is 10.1. The molecule has 0 saturated heterocycles. The molecule has 0 amide bonds. The highest BCUT2D eigenvalue weighted by atomic mass is 35.5. The summed E-state index contributed by atoms with van der Waals surface area (Å²) in [5.74, 6) is -0.852. The van der Waals surface area contributed by atoms with Crippen LogP contribution >= 0.6 is 11.6 Å². The van der Waals surface area contributed by atoms with Gasteiger partial charge in [-0.2, -0.15) is 0 Å². The van der Waals surface area contributed by atoms with Crippen molar-refractivity contribution in [3.05, 3.63) is 77.0 Å². The lowest BCUT2D eigenvalue weighted by Crippen LogP contribution is -2.12. The van der Waals surface area contributed by atoms with Crippen LogP contribution < -0.4 is 0 Å². The van der Waals surface area contributed by atoms with Crippen molar-refractivity contribution in [2.75, 3.05) is 6.61 Å². The second-order valence-electron chi connectivity index (χ2n) is 5.13. The number of Topliss-reactive ketones (excluding diaryl/α,β-unsaturated/α-hetero) is 1. The monoisotopic (exact) mass is 339 g/mol. The largest absolute Gasteiger partial charge is 0.454 e.